The Morgan fingerprint density at radius 1 is 1.33 bits per heavy atom. The first-order chi connectivity index (χ1) is 10.2. The maximum Gasteiger partial charge on any atom is 0.224 e. The molecule has 1 heterocycles. The lowest BCUT2D eigenvalue weighted by atomic mass is 10.1. The molecular formula is C17H25N3O. The highest BCUT2D eigenvalue weighted by Gasteiger charge is 2.38. The van der Waals surface area contributed by atoms with E-state index in [0.717, 1.165) is 23.8 Å². The average Bonchev–Trinajstić information content (AvgIpc) is 3.25. The van der Waals surface area contributed by atoms with Gasteiger partial charge in [0.25, 0.3) is 0 Å². The predicted molar refractivity (Wildman–Crippen MR) is 85.4 cm³/mol. The van der Waals surface area contributed by atoms with Crippen molar-refractivity contribution < 1.29 is 4.79 Å². The van der Waals surface area contributed by atoms with Gasteiger partial charge in [0.15, 0.2) is 0 Å². The zero-order valence-corrected chi connectivity index (χ0v) is 12.9. The summed E-state index contributed by atoms with van der Waals surface area (Å²) >= 11 is 0. The first kappa shape index (κ1) is 14.4. The second-order valence-corrected chi connectivity index (χ2v) is 6.36. The molecule has 0 spiro atoms. The topological polar surface area (TPSA) is 44.4 Å². The number of amides is 1. The molecule has 1 aromatic rings. The van der Waals surface area contributed by atoms with Crippen molar-refractivity contribution in [1.29, 1.82) is 0 Å². The summed E-state index contributed by atoms with van der Waals surface area (Å²) in [7, 11) is 1.69. The molecule has 4 nitrogen and oxygen atoms in total. The molecule has 2 unspecified atom stereocenters. The van der Waals surface area contributed by atoms with Gasteiger partial charge in [0, 0.05) is 37.4 Å². The Labute approximate surface area is 126 Å². The number of hydrogen-bond donors (Lipinski definition) is 2. The van der Waals surface area contributed by atoms with Gasteiger partial charge in [-0.3, -0.25) is 9.69 Å². The summed E-state index contributed by atoms with van der Waals surface area (Å²) < 4.78 is 0. The van der Waals surface area contributed by atoms with Gasteiger partial charge in [0.1, 0.15) is 0 Å². The molecule has 21 heavy (non-hydrogen) atoms. The Morgan fingerprint density at radius 3 is 2.81 bits per heavy atom. The largest absolute Gasteiger partial charge is 0.381 e. The van der Waals surface area contributed by atoms with Crippen LogP contribution in [0.5, 0.6) is 0 Å². The minimum absolute atomic E-state index is 0.0589. The molecule has 3 rings (SSSR count). The van der Waals surface area contributed by atoms with E-state index in [0.29, 0.717) is 18.5 Å². The second-order valence-electron chi connectivity index (χ2n) is 6.36. The van der Waals surface area contributed by atoms with Crippen molar-refractivity contribution in [2.75, 3.05) is 18.9 Å². The van der Waals surface area contributed by atoms with Crippen molar-refractivity contribution in [3.8, 4) is 0 Å². The molecule has 1 aliphatic carbocycles. The first-order valence-corrected chi connectivity index (χ1v) is 7.98. The van der Waals surface area contributed by atoms with E-state index in [4.69, 9.17) is 0 Å². The van der Waals surface area contributed by atoms with Crippen LogP contribution in [-0.4, -0.2) is 42.5 Å². The van der Waals surface area contributed by atoms with Gasteiger partial charge in [-0.15, -0.1) is 0 Å². The van der Waals surface area contributed by atoms with Crippen LogP contribution < -0.4 is 10.6 Å². The van der Waals surface area contributed by atoms with Crippen LogP contribution in [0.15, 0.2) is 24.3 Å². The van der Waals surface area contributed by atoms with E-state index in [2.05, 4.69) is 28.5 Å². The minimum atomic E-state index is 0.0589. The van der Waals surface area contributed by atoms with Crippen LogP contribution in [-0.2, 0) is 11.2 Å². The van der Waals surface area contributed by atoms with Crippen molar-refractivity contribution >= 4 is 11.6 Å². The number of rotatable bonds is 5. The van der Waals surface area contributed by atoms with Crippen LogP contribution in [0, 0.1) is 0 Å². The fraction of sp³-hybridized carbons (Fsp3) is 0.588. The fourth-order valence-corrected chi connectivity index (χ4v) is 3.37. The van der Waals surface area contributed by atoms with Crippen LogP contribution >= 0.6 is 0 Å². The van der Waals surface area contributed by atoms with Crippen molar-refractivity contribution in [3.05, 3.63) is 29.8 Å². The van der Waals surface area contributed by atoms with Gasteiger partial charge in [-0.25, -0.2) is 0 Å². The number of carbonyl (C=O) groups is 1. The molecule has 2 aliphatic rings. The zero-order chi connectivity index (χ0) is 14.8. The molecule has 2 N–H and O–H groups in total. The third kappa shape index (κ3) is 3.38. The zero-order valence-electron chi connectivity index (χ0n) is 12.9. The molecule has 2 atom stereocenters. The molecule has 1 amide bonds. The summed E-state index contributed by atoms with van der Waals surface area (Å²) in [6.45, 7) is 3.45. The number of nitrogens with one attached hydrogen (secondary N) is 2. The minimum Gasteiger partial charge on any atom is -0.381 e. The van der Waals surface area contributed by atoms with Crippen LogP contribution in [0.4, 0.5) is 5.69 Å². The number of carbonyl (C=O) groups excluding carboxylic acids is 1. The second kappa shape index (κ2) is 6.06. The Hall–Kier alpha value is -1.55. The van der Waals surface area contributed by atoms with Crippen LogP contribution in [0.25, 0.3) is 0 Å². The van der Waals surface area contributed by atoms with E-state index < -0.39 is 0 Å². The Kier molecular flexibility index (Phi) is 4.15. The summed E-state index contributed by atoms with van der Waals surface area (Å²) in [6.07, 6.45) is 4.35. The van der Waals surface area contributed by atoms with Gasteiger partial charge in [0.05, 0.1) is 6.42 Å². The lowest BCUT2D eigenvalue weighted by molar-refractivity contribution is -0.119. The van der Waals surface area contributed by atoms with Gasteiger partial charge in [-0.2, -0.15) is 0 Å². The maximum atomic E-state index is 11.6. The van der Waals surface area contributed by atoms with Crippen molar-refractivity contribution in [1.82, 2.24) is 10.2 Å². The smallest absolute Gasteiger partial charge is 0.224 e. The van der Waals surface area contributed by atoms with E-state index in [1.54, 1.807) is 7.05 Å². The van der Waals surface area contributed by atoms with Gasteiger partial charge >= 0.3 is 0 Å². The van der Waals surface area contributed by atoms with Gasteiger partial charge < -0.3 is 10.6 Å². The highest BCUT2D eigenvalue weighted by molar-refractivity contribution is 5.80. The van der Waals surface area contributed by atoms with Crippen molar-refractivity contribution in [3.63, 3.8) is 0 Å². The summed E-state index contributed by atoms with van der Waals surface area (Å²) in [4.78, 5) is 14.3. The molecule has 1 saturated heterocycles. The predicted octanol–water partition coefficient (Wildman–Crippen LogP) is 2.01. The normalized spacial score (nSPS) is 25.8. The number of benzene rings is 1. The van der Waals surface area contributed by atoms with Gasteiger partial charge in [-0.05, 0) is 37.8 Å². The van der Waals surface area contributed by atoms with Crippen molar-refractivity contribution in [2.45, 2.75) is 50.7 Å². The molecule has 4 heteroatoms. The maximum absolute atomic E-state index is 11.6. The molecule has 0 bridgehead atoms. The molecule has 0 aromatic heterocycles. The highest BCUT2D eigenvalue weighted by atomic mass is 16.1. The molecule has 1 aliphatic heterocycles. The van der Waals surface area contributed by atoms with Crippen LogP contribution in [0.1, 0.15) is 31.7 Å². The summed E-state index contributed by atoms with van der Waals surface area (Å²) in [5.74, 6) is 0.0589. The number of likely N-dealkylation sites (tertiary alicyclic amines) is 1. The number of para-hydroxylation sites is 1. The van der Waals surface area contributed by atoms with E-state index in [1.165, 1.54) is 19.3 Å². The van der Waals surface area contributed by atoms with Crippen molar-refractivity contribution in [2.24, 2.45) is 0 Å². The number of likely N-dealkylation sites (N-methyl/N-ethyl adjacent to an activating group) is 1. The quantitative estimate of drug-likeness (QED) is 0.871. The third-order valence-electron chi connectivity index (χ3n) is 4.65. The SMILES string of the molecule is CNC(=O)Cc1ccccc1NC1CC(C)N(C2CC2)C1. The third-order valence-corrected chi connectivity index (χ3v) is 4.65. The highest BCUT2D eigenvalue weighted by Crippen LogP contribution is 2.34. The van der Waals surface area contributed by atoms with Gasteiger partial charge in [-0.1, -0.05) is 18.2 Å². The molecule has 0 radical (unpaired) electrons. The van der Waals surface area contributed by atoms with E-state index in [9.17, 15) is 4.79 Å². The lowest BCUT2D eigenvalue weighted by Crippen LogP contribution is -2.31. The molecule has 114 valence electrons. The average molecular weight is 287 g/mol. The summed E-state index contributed by atoms with van der Waals surface area (Å²) in [6, 6.07) is 10.1. The van der Waals surface area contributed by atoms with Crippen LogP contribution in [0.2, 0.25) is 0 Å². The van der Waals surface area contributed by atoms with E-state index >= 15 is 0 Å². The summed E-state index contributed by atoms with van der Waals surface area (Å²) in [5.41, 5.74) is 2.19. The molecule has 2 fully saturated rings. The number of anilines is 1. The molecule has 1 aromatic carbocycles. The monoisotopic (exact) mass is 287 g/mol. The molecule has 1 saturated carbocycles. The summed E-state index contributed by atoms with van der Waals surface area (Å²) in [5, 5.41) is 6.36. The van der Waals surface area contributed by atoms with E-state index in [-0.39, 0.29) is 5.91 Å². The van der Waals surface area contributed by atoms with E-state index in [1.807, 2.05) is 18.2 Å². The fourth-order valence-electron chi connectivity index (χ4n) is 3.37. The Morgan fingerprint density at radius 2 is 2.10 bits per heavy atom. The first-order valence-electron chi connectivity index (χ1n) is 7.98. The van der Waals surface area contributed by atoms with Gasteiger partial charge in [0.2, 0.25) is 5.91 Å². The van der Waals surface area contributed by atoms with Crippen LogP contribution in [0.3, 0.4) is 0 Å². The number of nitrogens with zero attached hydrogens (tertiary/aromatic N) is 1. The number of hydrogen-bond acceptors (Lipinski definition) is 3. The Balaban J connectivity index is 1.66. The standard InChI is InChI=1S/C17H25N3O/c1-12-9-14(11-20(12)15-7-8-15)19-16-6-4-3-5-13(16)10-17(21)18-2/h3-6,12,14-15,19H,7-11H2,1-2H3,(H,18,21). The Bertz CT molecular complexity index is 513. The molecular weight excluding hydrogens is 262 g/mol. The lowest BCUT2D eigenvalue weighted by Gasteiger charge is -2.20.